The maximum Gasteiger partial charge on any atom is 0.325 e. The second-order valence-corrected chi connectivity index (χ2v) is 5.18. The second-order valence-electron chi connectivity index (χ2n) is 3.36. The molecule has 0 heterocycles. The van der Waals surface area contributed by atoms with E-state index in [1.54, 1.807) is 7.05 Å². The summed E-state index contributed by atoms with van der Waals surface area (Å²) < 4.78 is 20.7. The summed E-state index contributed by atoms with van der Waals surface area (Å²) in [6.07, 6.45) is -1.15. The second kappa shape index (κ2) is 7.33. The summed E-state index contributed by atoms with van der Waals surface area (Å²) in [4.78, 5) is 9.07. The maximum absolute atomic E-state index is 11.1. The molecule has 3 unspecified atom stereocenters. The number of hydrogen-bond donors (Lipinski definition) is 3. The summed E-state index contributed by atoms with van der Waals surface area (Å²) in [6, 6.07) is 0. The number of methoxy groups -OCH3 is 1. The first kappa shape index (κ1) is 15.0. The Labute approximate surface area is 90.1 Å². The Balaban J connectivity index is 4.23. The van der Waals surface area contributed by atoms with Crippen LogP contribution in [0.25, 0.3) is 0 Å². The Kier molecular flexibility index (Phi) is 7.34. The Morgan fingerprint density at radius 3 is 2.53 bits per heavy atom. The number of rotatable bonds is 8. The number of ether oxygens (including phenoxy) is 1. The molecule has 0 amide bonds. The Morgan fingerprint density at radius 2 is 2.13 bits per heavy atom. The molecule has 0 aromatic carbocycles. The molecule has 0 bridgehead atoms. The molecule has 0 rings (SSSR count). The molecule has 0 aliphatic rings. The third kappa shape index (κ3) is 7.90. The molecule has 0 aliphatic heterocycles. The van der Waals surface area contributed by atoms with Gasteiger partial charge in [0.25, 0.3) is 0 Å². The smallest absolute Gasteiger partial charge is 0.325 e. The number of hydrogen-bond acceptors (Lipinski definition) is 5. The van der Waals surface area contributed by atoms with Crippen LogP contribution in [0, 0.1) is 0 Å². The molecule has 92 valence electrons. The van der Waals surface area contributed by atoms with Crippen molar-refractivity contribution >= 4 is 7.60 Å². The van der Waals surface area contributed by atoms with Gasteiger partial charge in [-0.3, -0.25) is 4.57 Å². The molecule has 15 heavy (non-hydrogen) atoms. The van der Waals surface area contributed by atoms with Crippen LogP contribution in [0.5, 0.6) is 0 Å². The van der Waals surface area contributed by atoms with Gasteiger partial charge in [0.2, 0.25) is 0 Å². The number of nitrogens with one attached hydrogen (secondary N) is 1. The molecule has 7 heteroatoms. The van der Waals surface area contributed by atoms with Crippen molar-refractivity contribution < 1.29 is 23.8 Å². The highest BCUT2D eigenvalue weighted by atomic mass is 31.2. The van der Waals surface area contributed by atoms with Crippen molar-refractivity contribution in [2.75, 3.05) is 34.0 Å². The van der Waals surface area contributed by atoms with Crippen LogP contribution in [-0.2, 0) is 13.8 Å². The molecule has 6 nitrogen and oxygen atoms in total. The highest BCUT2D eigenvalue weighted by Crippen LogP contribution is 2.39. The molecule has 0 radical (unpaired) electrons. The van der Waals surface area contributed by atoms with Gasteiger partial charge in [-0.05, 0) is 20.0 Å². The van der Waals surface area contributed by atoms with Crippen LogP contribution < -0.4 is 5.32 Å². The third-order valence-corrected chi connectivity index (χ3v) is 2.44. The van der Waals surface area contributed by atoms with Gasteiger partial charge in [-0.25, -0.2) is 0 Å². The van der Waals surface area contributed by atoms with Gasteiger partial charge < -0.3 is 24.6 Å². The zero-order valence-corrected chi connectivity index (χ0v) is 10.2. The number of aliphatic hydroxyl groups is 1. The number of aliphatic hydroxyl groups excluding tert-OH is 1. The van der Waals surface area contributed by atoms with E-state index >= 15 is 0 Å². The van der Waals surface area contributed by atoms with Crippen LogP contribution in [0.2, 0.25) is 0 Å². The molecule has 0 aliphatic carbocycles. The van der Waals surface area contributed by atoms with Gasteiger partial charge in [0, 0.05) is 13.8 Å². The SMILES string of the molecule is CNCCC(OP(C)(=O)O)C(O)COC. The van der Waals surface area contributed by atoms with Crippen molar-refractivity contribution in [3.05, 3.63) is 0 Å². The van der Waals surface area contributed by atoms with Gasteiger partial charge in [-0.15, -0.1) is 0 Å². The Morgan fingerprint density at radius 1 is 1.53 bits per heavy atom. The first-order valence-corrected chi connectivity index (χ1v) is 6.73. The quantitative estimate of drug-likeness (QED) is 0.510. The normalized spacial score (nSPS) is 19.5. The molecule has 0 saturated carbocycles. The lowest BCUT2D eigenvalue weighted by Gasteiger charge is -2.23. The summed E-state index contributed by atoms with van der Waals surface area (Å²) in [5.74, 6) is 0. The van der Waals surface area contributed by atoms with E-state index in [-0.39, 0.29) is 6.61 Å². The van der Waals surface area contributed by atoms with Crippen molar-refractivity contribution in [3.63, 3.8) is 0 Å². The Hall–Kier alpha value is 0.0300. The topological polar surface area (TPSA) is 88.0 Å². The maximum atomic E-state index is 11.1. The lowest BCUT2D eigenvalue weighted by molar-refractivity contribution is -0.0200. The summed E-state index contributed by atoms with van der Waals surface area (Å²) >= 11 is 0. The zero-order chi connectivity index (χ0) is 11.9. The fourth-order valence-electron chi connectivity index (χ4n) is 1.13. The van der Waals surface area contributed by atoms with Crippen molar-refractivity contribution in [2.45, 2.75) is 18.6 Å². The van der Waals surface area contributed by atoms with Crippen molar-refractivity contribution in [1.29, 1.82) is 0 Å². The predicted molar refractivity (Wildman–Crippen MR) is 57.0 cm³/mol. The monoisotopic (exact) mass is 241 g/mol. The van der Waals surface area contributed by atoms with E-state index in [0.29, 0.717) is 13.0 Å². The summed E-state index contributed by atoms with van der Waals surface area (Å²) in [6.45, 7) is 1.76. The van der Waals surface area contributed by atoms with Gasteiger partial charge in [-0.2, -0.15) is 0 Å². The van der Waals surface area contributed by atoms with Crippen LogP contribution in [0.1, 0.15) is 6.42 Å². The van der Waals surface area contributed by atoms with E-state index in [4.69, 9.17) is 14.2 Å². The average molecular weight is 241 g/mol. The molecular weight excluding hydrogens is 221 g/mol. The predicted octanol–water partition coefficient (Wildman–Crippen LogP) is -0.196. The molecule has 3 N–H and O–H groups in total. The molecular formula is C8H20NO5P. The van der Waals surface area contributed by atoms with Crippen molar-refractivity contribution in [3.8, 4) is 0 Å². The fraction of sp³-hybridized carbons (Fsp3) is 1.00. The fourth-order valence-corrected chi connectivity index (χ4v) is 1.88. The zero-order valence-electron chi connectivity index (χ0n) is 9.34. The van der Waals surface area contributed by atoms with E-state index in [1.807, 2.05) is 0 Å². The lowest BCUT2D eigenvalue weighted by atomic mass is 10.1. The molecule has 3 atom stereocenters. The molecule has 0 fully saturated rings. The van der Waals surface area contributed by atoms with Crippen LogP contribution >= 0.6 is 7.60 Å². The van der Waals surface area contributed by atoms with E-state index in [2.05, 4.69) is 5.32 Å². The van der Waals surface area contributed by atoms with Gasteiger partial charge >= 0.3 is 7.60 Å². The molecule has 0 aromatic rings. The van der Waals surface area contributed by atoms with Crippen molar-refractivity contribution in [1.82, 2.24) is 5.32 Å². The standard InChI is InChI=1S/C8H20NO5P/c1-9-5-4-8(7(10)6-13-2)14-15(3,11)12/h7-10H,4-6H2,1-3H3,(H,11,12). The average Bonchev–Trinajstić information content (AvgIpc) is 2.10. The lowest BCUT2D eigenvalue weighted by Crippen LogP contribution is -2.34. The first-order valence-electron chi connectivity index (χ1n) is 4.71. The Bertz CT molecular complexity index is 207. The van der Waals surface area contributed by atoms with Gasteiger partial charge in [0.05, 0.1) is 12.7 Å². The van der Waals surface area contributed by atoms with Crippen LogP contribution in [-0.4, -0.2) is 56.2 Å². The van der Waals surface area contributed by atoms with Gasteiger partial charge in [0.1, 0.15) is 6.10 Å². The summed E-state index contributed by atoms with van der Waals surface area (Å²) in [5.41, 5.74) is 0. The van der Waals surface area contributed by atoms with Crippen molar-refractivity contribution in [2.24, 2.45) is 0 Å². The van der Waals surface area contributed by atoms with E-state index in [1.165, 1.54) is 7.11 Å². The minimum Gasteiger partial charge on any atom is -0.388 e. The van der Waals surface area contributed by atoms with E-state index < -0.39 is 19.8 Å². The minimum absolute atomic E-state index is 0.0778. The molecule has 0 aromatic heterocycles. The minimum atomic E-state index is -3.58. The van der Waals surface area contributed by atoms with E-state index in [9.17, 15) is 9.67 Å². The largest absolute Gasteiger partial charge is 0.388 e. The molecule has 0 spiro atoms. The molecule has 0 saturated heterocycles. The highest BCUT2D eigenvalue weighted by molar-refractivity contribution is 7.51. The van der Waals surface area contributed by atoms with E-state index in [0.717, 1.165) is 6.66 Å². The summed E-state index contributed by atoms with van der Waals surface area (Å²) in [5, 5.41) is 12.5. The highest BCUT2D eigenvalue weighted by Gasteiger charge is 2.25. The van der Waals surface area contributed by atoms with Gasteiger partial charge in [0.15, 0.2) is 0 Å². The third-order valence-electron chi connectivity index (χ3n) is 1.78. The van der Waals surface area contributed by atoms with Crippen LogP contribution in [0.4, 0.5) is 0 Å². The van der Waals surface area contributed by atoms with Crippen LogP contribution in [0.3, 0.4) is 0 Å². The van der Waals surface area contributed by atoms with Crippen LogP contribution in [0.15, 0.2) is 0 Å². The summed E-state index contributed by atoms with van der Waals surface area (Å²) in [7, 11) is -0.381. The first-order chi connectivity index (χ1) is 6.90. The van der Waals surface area contributed by atoms with Gasteiger partial charge in [-0.1, -0.05) is 0 Å².